The molecule has 0 radical (unpaired) electrons. The molecule has 0 atom stereocenters. The summed E-state index contributed by atoms with van der Waals surface area (Å²) in [6, 6.07) is 7.85. The first-order chi connectivity index (χ1) is 10.7. The zero-order valence-corrected chi connectivity index (χ0v) is 12.4. The molecule has 0 saturated carbocycles. The highest BCUT2D eigenvalue weighted by Crippen LogP contribution is 2.31. The fourth-order valence-corrected chi connectivity index (χ4v) is 3.22. The van der Waals surface area contributed by atoms with Gasteiger partial charge in [-0.2, -0.15) is 0 Å². The van der Waals surface area contributed by atoms with Crippen LogP contribution in [0.2, 0.25) is 0 Å². The van der Waals surface area contributed by atoms with Gasteiger partial charge in [-0.25, -0.2) is 4.98 Å². The average molecular weight is 295 g/mol. The highest BCUT2D eigenvalue weighted by atomic mass is 16.2. The van der Waals surface area contributed by atoms with E-state index in [0.29, 0.717) is 12.8 Å². The number of piperidine rings is 1. The smallest absolute Gasteiger partial charge is 0.253 e. The third-order valence-electron chi connectivity index (χ3n) is 4.45. The number of benzene rings is 1. The number of carbonyl (C=O) groups excluding carboxylic acids is 1. The van der Waals surface area contributed by atoms with Gasteiger partial charge in [0, 0.05) is 13.1 Å². The lowest BCUT2D eigenvalue weighted by Gasteiger charge is -2.36. The SMILES string of the molecule is CC1=NC2(CCN(c3cnc4ccccc4n3)CC2)C(=O)N1. The van der Waals surface area contributed by atoms with Crippen molar-refractivity contribution in [3.8, 4) is 0 Å². The average Bonchev–Trinajstić information content (AvgIpc) is 2.81. The summed E-state index contributed by atoms with van der Waals surface area (Å²) in [5, 5.41) is 2.82. The summed E-state index contributed by atoms with van der Waals surface area (Å²) < 4.78 is 0. The molecule has 4 rings (SSSR count). The maximum atomic E-state index is 12.1. The number of amidine groups is 1. The highest BCUT2D eigenvalue weighted by molar-refractivity contribution is 6.07. The van der Waals surface area contributed by atoms with Gasteiger partial charge in [-0.3, -0.25) is 14.8 Å². The molecular weight excluding hydrogens is 278 g/mol. The second-order valence-electron chi connectivity index (χ2n) is 5.89. The third-order valence-corrected chi connectivity index (χ3v) is 4.45. The molecular formula is C16H17N5O. The van der Waals surface area contributed by atoms with Crippen LogP contribution in [0.5, 0.6) is 0 Å². The zero-order chi connectivity index (χ0) is 15.2. The Morgan fingerprint density at radius 3 is 2.59 bits per heavy atom. The molecule has 1 fully saturated rings. The van der Waals surface area contributed by atoms with E-state index in [4.69, 9.17) is 0 Å². The summed E-state index contributed by atoms with van der Waals surface area (Å²) in [5.41, 5.74) is 1.23. The number of aliphatic imine (C=N–C) groups is 1. The predicted molar refractivity (Wildman–Crippen MR) is 85.0 cm³/mol. The van der Waals surface area contributed by atoms with Gasteiger partial charge in [0.05, 0.1) is 17.2 Å². The Balaban J connectivity index is 1.57. The molecule has 1 N–H and O–H groups in total. The number of anilines is 1. The van der Waals surface area contributed by atoms with Gasteiger partial charge in [0.25, 0.3) is 5.91 Å². The van der Waals surface area contributed by atoms with E-state index in [-0.39, 0.29) is 5.91 Å². The van der Waals surface area contributed by atoms with E-state index in [1.165, 1.54) is 0 Å². The van der Waals surface area contributed by atoms with Crippen LogP contribution in [0.15, 0.2) is 35.5 Å². The molecule has 1 saturated heterocycles. The standard InChI is InChI=1S/C16H17N5O/c1-11-18-15(22)16(20-11)6-8-21(9-7-16)14-10-17-12-4-2-3-5-13(12)19-14/h2-5,10H,6-9H2,1H3,(H,18,20,22). The van der Waals surface area contributed by atoms with Crippen LogP contribution in [-0.2, 0) is 4.79 Å². The van der Waals surface area contributed by atoms with E-state index in [1.54, 1.807) is 0 Å². The number of fused-ring (bicyclic) bond motifs is 1. The third kappa shape index (κ3) is 2.03. The summed E-state index contributed by atoms with van der Waals surface area (Å²) in [6.07, 6.45) is 3.24. The second kappa shape index (κ2) is 4.76. The second-order valence-corrected chi connectivity index (χ2v) is 5.89. The van der Waals surface area contributed by atoms with Crippen LogP contribution in [-0.4, -0.2) is 40.3 Å². The quantitative estimate of drug-likeness (QED) is 0.866. The van der Waals surface area contributed by atoms with E-state index in [0.717, 1.165) is 35.8 Å². The van der Waals surface area contributed by atoms with Gasteiger partial charge >= 0.3 is 0 Å². The lowest BCUT2D eigenvalue weighted by molar-refractivity contribution is -0.124. The summed E-state index contributed by atoms with van der Waals surface area (Å²) in [7, 11) is 0. The van der Waals surface area contributed by atoms with Crippen LogP contribution in [0.25, 0.3) is 11.0 Å². The molecule has 2 aromatic rings. The number of rotatable bonds is 1. The molecule has 112 valence electrons. The lowest BCUT2D eigenvalue weighted by atomic mass is 9.88. The molecule has 2 aliphatic heterocycles. The van der Waals surface area contributed by atoms with Gasteiger partial charge in [0.2, 0.25) is 0 Å². The summed E-state index contributed by atoms with van der Waals surface area (Å²) in [5.74, 6) is 1.63. The van der Waals surface area contributed by atoms with Crippen molar-refractivity contribution < 1.29 is 4.79 Å². The Labute approximate surface area is 128 Å². The Morgan fingerprint density at radius 2 is 1.91 bits per heavy atom. The highest BCUT2D eigenvalue weighted by Gasteiger charge is 2.45. The molecule has 6 heteroatoms. The van der Waals surface area contributed by atoms with E-state index in [1.807, 2.05) is 37.4 Å². The number of hydrogen-bond acceptors (Lipinski definition) is 5. The van der Waals surface area contributed by atoms with E-state index < -0.39 is 5.54 Å². The molecule has 3 heterocycles. The van der Waals surface area contributed by atoms with Crippen molar-refractivity contribution in [3.63, 3.8) is 0 Å². The first-order valence-electron chi connectivity index (χ1n) is 7.51. The van der Waals surface area contributed by atoms with Crippen molar-refractivity contribution in [1.82, 2.24) is 15.3 Å². The Kier molecular flexibility index (Phi) is 2.85. The number of hydrogen-bond donors (Lipinski definition) is 1. The van der Waals surface area contributed by atoms with Crippen LogP contribution < -0.4 is 10.2 Å². The minimum absolute atomic E-state index is 0.0363. The van der Waals surface area contributed by atoms with Crippen molar-refractivity contribution in [2.45, 2.75) is 25.3 Å². The van der Waals surface area contributed by atoms with Gasteiger partial charge in [-0.1, -0.05) is 12.1 Å². The minimum atomic E-state index is -0.565. The molecule has 1 amide bonds. The van der Waals surface area contributed by atoms with Crippen LogP contribution in [0.3, 0.4) is 0 Å². The van der Waals surface area contributed by atoms with Gasteiger partial charge < -0.3 is 10.2 Å². The first kappa shape index (κ1) is 13.2. The Bertz CT molecular complexity index is 777. The van der Waals surface area contributed by atoms with E-state index in [2.05, 4.69) is 25.2 Å². The molecule has 1 spiro atoms. The van der Waals surface area contributed by atoms with E-state index in [9.17, 15) is 4.79 Å². The maximum Gasteiger partial charge on any atom is 0.253 e. The number of carbonyl (C=O) groups is 1. The van der Waals surface area contributed by atoms with Crippen molar-refractivity contribution in [2.24, 2.45) is 4.99 Å². The van der Waals surface area contributed by atoms with Gasteiger partial charge in [0.15, 0.2) is 0 Å². The van der Waals surface area contributed by atoms with Gasteiger partial charge in [0.1, 0.15) is 17.2 Å². The Morgan fingerprint density at radius 1 is 1.18 bits per heavy atom. The topological polar surface area (TPSA) is 70.5 Å². The number of nitrogens with zero attached hydrogens (tertiary/aromatic N) is 4. The van der Waals surface area contributed by atoms with Crippen LogP contribution in [0.1, 0.15) is 19.8 Å². The van der Waals surface area contributed by atoms with Crippen LogP contribution in [0.4, 0.5) is 5.82 Å². The molecule has 22 heavy (non-hydrogen) atoms. The molecule has 6 nitrogen and oxygen atoms in total. The number of nitrogens with one attached hydrogen (secondary N) is 1. The largest absolute Gasteiger partial charge is 0.355 e. The summed E-state index contributed by atoms with van der Waals surface area (Å²) in [6.45, 7) is 3.36. The summed E-state index contributed by atoms with van der Waals surface area (Å²) in [4.78, 5) is 28.0. The minimum Gasteiger partial charge on any atom is -0.355 e. The van der Waals surface area contributed by atoms with Gasteiger partial charge in [-0.05, 0) is 31.9 Å². The lowest BCUT2D eigenvalue weighted by Crippen LogP contribution is -2.49. The molecule has 0 unspecified atom stereocenters. The molecule has 0 bridgehead atoms. The van der Waals surface area contributed by atoms with Crippen molar-refractivity contribution in [1.29, 1.82) is 0 Å². The van der Waals surface area contributed by atoms with Crippen molar-refractivity contribution in [2.75, 3.05) is 18.0 Å². The predicted octanol–water partition coefficient (Wildman–Crippen LogP) is 1.52. The molecule has 1 aromatic heterocycles. The Hall–Kier alpha value is -2.50. The van der Waals surface area contributed by atoms with Crippen LogP contribution in [0, 0.1) is 0 Å². The number of amides is 1. The van der Waals surface area contributed by atoms with Gasteiger partial charge in [-0.15, -0.1) is 0 Å². The molecule has 0 aliphatic carbocycles. The molecule has 2 aliphatic rings. The van der Waals surface area contributed by atoms with Crippen molar-refractivity contribution >= 4 is 28.6 Å². The summed E-state index contributed by atoms with van der Waals surface area (Å²) >= 11 is 0. The van der Waals surface area contributed by atoms with Crippen LogP contribution >= 0.6 is 0 Å². The van der Waals surface area contributed by atoms with Crippen molar-refractivity contribution in [3.05, 3.63) is 30.5 Å². The van der Waals surface area contributed by atoms with E-state index >= 15 is 0 Å². The number of para-hydroxylation sites is 2. The zero-order valence-electron chi connectivity index (χ0n) is 12.4. The molecule has 1 aromatic carbocycles. The fraction of sp³-hybridized carbons (Fsp3) is 0.375. The fourth-order valence-electron chi connectivity index (χ4n) is 3.22. The maximum absolute atomic E-state index is 12.1. The normalized spacial score (nSPS) is 20.3. The number of aromatic nitrogens is 2. The monoisotopic (exact) mass is 295 g/mol. The first-order valence-corrected chi connectivity index (χ1v) is 7.51.